The van der Waals surface area contributed by atoms with Crippen LogP contribution in [0.1, 0.15) is 113 Å². The SMILES string of the molecule is [2H]C([2H])([2H])c1c[c-]c(-c2ccc(C(C)(C)C)cn2)cc1.[2H]C([2H])([2H])c1cc(C([2H])([2H])[2H])c2oc3c(-c4cc(-c5cc(C([2H])([2H])[2H])c(-c6ccc(C([2H])([2H])C(C)(C)C)cc6)cc5C([2H])([2H])[2H])c(C([2H])([2H])[2H])cn4)[c-]ccc3c2c1.[Ir]. The van der Waals surface area contributed by atoms with Gasteiger partial charge in [-0.25, -0.2) is 0 Å². The van der Waals surface area contributed by atoms with Gasteiger partial charge in [0.25, 0.3) is 0 Å². The second-order valence-corrected chi connectivity index (χ2v) is 16.3. The molecular weight excluding hydrogens is 897 g/mol. The molecule has 0 atom stereocenters. The Balaban J connectivity index is 0.000000403. The second-order valence-electron chi connectivity index (χ2n) is 16.3. The summed E-state index contributed by atoms with van der Waals surface area (Å²) in [4.78, 5) is 8.82. The Morgan fingerprint density at radius 1 is 0.610 bits per heavy atom. The average molecular weight is 973 g/mol. The van der Waals surface area contributed by atoms with Crippen molar-refractivity contribution in [3.05, 3.63) is 166 Å². The van der Waals surface area contributed by atoms with Crippen LogP contribution < -0.4 is 0 Å². The Morgan fingerprint density at radius 2 is 1.32 bits per heavy atom. The number of furan rings is 1. The number of hydrogen-bond acceptors (Lipinski definition) is 3. The third-order valence-electron chi connectivity index (χ3n) is 9.57. The smallest absolute Gasteiger partial charge is 0.123 e. The van der Waals surface area contributed by atoms with Gasteiger partial charge >= 0.3 is 0 Å². The molecule has 0 saturated heterocycles. The number of fused-ring (bicyclic) bond motifs is 3. The van der Waals surface area contributed by atoms with E-state index >= 15 is 0 Å². The molecule has 3 nitrogen and oxygen atoms in total. The molecule has 1 radical (unpaired) electrons. The molecule has 59 heavy (non-hydrogen) atoms. The van der Waals surface area contributed by atoms with Crippen molar-refractivity contribution in [2.75, 3.05) is 0 Å². The van der Waals surface area contributed by atoms with Crippen LogP contribution in [0.5, 0.6) is 0 Å². The number of pyridine rings is 2. The molecular formula is C55H56IrN2O-2. The van der Waals surface area contributed by atoms with E-state index in [1.807, 2.05) is 18.3 Å². The average Bonchev–Trinajstić information content (AvgIpc) is 3.71. The Bertz CT molecular complexity index is 3440. The van der Waals surface area contributed by atoms with Crippen LogP contribution in [0, 0.1) is 58.7 Å². The van der Waals surface area contributed by atoms with Crippen molar-refractivity contribution in [1.29, 1.82) is 0 Å². The maximum atomic E-state index is 8.66. The summed E-state index contributed by atoms with van der Waals surface area (Å²) < 4.78 is 170. The third-order valence-corrected chi connectivity index (χ3v) is 9.57. The zero-order chi connectivity index (χ0) is 58.3. The van der Waals surface area contributed by atoms with E-state index in [-0.39, 0.29) is 97.8 Å². The third kappa shape index (κ3) is 9.67. The molecule has 3 heterocycles. The fraction of sp³-hybridized carbons (Fsp3) is 0.273. The number of benzene rings is 5. The van der Waals surface area contributed by atoms with Crippen LogP contribution >= 0.6 is 0 Å². The fourth-order valence-corrected chi connectivity index (χ4v) is 6.66. The molecule has 0 amide bonds. The van der Waals surface area contributed by atoms with Gasteiger partial charge in [0.2, 0.25) is 0 Å². The normalized spacial score (nSPS) is 18.2. The van der Waals surface area contributed by atoms with E-state index in [9.17, 15) is 0 Å². The van der Waals surface area contributed by atoms with Crippen LogP contribution in [-0.4, -0.2) is 9.97 Å². The van der Waals surface area contributed by atoms with Crippen molar-refractivity contribution in [2.45, 2.75) is 94.4 Å². The predicted molar refractivity (Wildman–Crippen MR) is 245 cm³/mol. The van der Waals surface area contributed by atoms with Crippen molar-refractivity contribution in [1.82, 2.24) is 9.97 Å². The number of aryl methyl sites for hydroxylation is 6. The maximum Gasteiger partial charge on any atom is 0.123 e. The zero-order valence-electron chi connectivity index (χ0n) is 53.5. The van der Waals surface area contributed by atoms with Gasteiger partial charge in [-0.15, -0.1) is 53.6 Å². The molecule has 0 N–H and O–H groups in total. The zero-order valence-corrected chi connectivity index (χ0v) is 35.9. The van der Waals surface area contributed by atoms with Gasteiger partial charge in [0, 0.05) is 65.3 Å². The molecule has 0 unspecified atom stereocenters. The molecule has 8 rings (SSSR count). The quantitative estimate of drug-likeness (QED) is 0.161. The van der Waals surface area contributed by atoms with Crippen molar-refractivity contribution < 1.29 is 51.9 Å². The second kappa shape index (κ2) is 17.2. The van der Waals surface area contributed by atoms with E-state index in [4.69, 9.17) is 31.8 Å². The Kier molecular flexibility index (Phi) is 7.06. The molecule has 0 aliphatic carbocycles. The summed E-state index contributed by atoms with van der Waals surface area (Å²) in [5.41, 5.74) is 1.10. The number of rotatable bonds is 5. The minimum atomic E-state index is -2.91. The first kappa shape index (κ1) is 24.2. The Hall–Kier alpha value is -5.15. The monoisotopic (exact) mass is 974 g/mol. The maximum absolute atomic E-state index is 8.66. The molecule has 0 saturated carbocycles. The topological polar surface area (TPSA) is 38.9 Å². The summed E-state index contributed by atoms with van der Waals surface area (Å²) in [5, 5.41) is 0.497. The standard InChI is InChI=1S/C39H38NO.C16H18N.Ir/c1-23-16-26(4)37-35(17-23)30-10-9-11-31(38(30)41-37)36-20-34(27(5)22-40-36)33-19-24(2)32(18-25(33)3)29-14-12-28(13-15-29)21-39(6,7)8;1-12-5-7-13(8-6-12)15-10-9-14(11-17-15)16(2,3)4;/h9-10,12-20,22H,21H2,1-8H3;5-7,9-11H,1-4H3;/q2*-1;/i1D3,2D3,3D3,4D3,5D3,21D2;1D3;. The van der Waals surface area contributed by atoms with Crippen molar-refractivity contribution in [3.63, 3.8) is 0 Å². The minimum Gasteiger partial charge on any atom is -0.500 e. The van der Waals surface area contributed by atoms with E-state index in [2.05, 4.69) is 42.9 Å². The molecule has 8 aromatic rings. The fourth-order valence-electron chi connectivity index (χ4n) is 6.66. The van der Waals surface area contributed by atoms with E-state index in [0.717, 1.165) is 29.6 Å². The van der Waals surface area contributed by atoms with E-state index in [1.165, 1.54) is 60.2 Å². The van der Waals surface area contributed by atoms with Gasteiger partial charge in [-0.05, 0) is 125 Å². The molecule has 303 valence electrons. The number of nitrogens with zero attached hydrogens (tertiary/aromatic N) is 2. The summed E-state index contributed by atoms with van der Waals surface area (Å²) in [6.07, 6.45) is 1.13. The molecule has 0 aliphatic heterocycles. The summed E-state index contributed by atoms with van der Waals surface area (Å²) in [5.74, 6) is 0. The molecule has 0 spiro atoms. The van der Waals surface area contributed by atoms with Crippen molar-refractivity contribution in [3.8, 4) is 44.8 Å². The Labute approximate surface area is 393 Å². The van der Waals surface area contributed by atoms with Gasteiger partial charge in [0.15, 0.2) is 0 Å². The van der Waals surface area contributed by atoms with Crippen LogP contribution in [0.15, 0.2) is 114 Å². The van der Waals surface area contributed by atoms with Crippen molar-refractivity contribution in [2.24, 2.45) is 5.41 Å². The number of hydrogen-bond donors (Lipinski definition) is 0. The first-order chi connectivity index (χ1) is 35.5. The van der Waals surface area contributed by atoms with Gasteiger partial charge in [-0.3, -0.25) is 0 Å². The molecule has 4 heteroatoms. The molecule has 0 aliphatic rings. The first-order valence-corrected chi connectivity index (χ1v) is 18.7. The van der Waals surface area contributed by atoms with Gasteiger partial charge in [-0.1, -0.05) is 126 Å². The van der Waals surface area contributed by atoms with E-state index in [0.29, 0.717) is 22.1 Å². The van der Waals surface area contributed by atoms with Crippen LogP contribution in [-0.2, 0) is 31.9 Å². The molecule has 5 aromatic carbocycles. The number of aromatic nitrogens is 2. The van der Waals surface area contributed by atoms with Gasteiger partial charge in [0.1, 0.15) is 5.58 Å². The summed E-state index contributed by atoms with van der Waals surface area (Å²) in [7, 11) is 0. The van der Waals surface area contributed by atoms with Gasteiger partial charge in [-0.2, -0.15) is 0 Å². The van der Waals surface area contributed by atoms with E-state index < -0.39 is 52.9 Å². The van der Waals surface area contributed by atoms with Crippen LogP contribution in [0.3, 0.4) is 0 Å². The summed E-state index contributed by atoms with van der Waals surface area (Å²) in [6.45, 7) is -4.48. The molecule has 3 aromatic heterocycles. The first-order valence-electron chi connectivity index (χ1n) is 28.7. The minimum absolute atomic E-state index is 0. The largest absolute Gasteiger partial charge is 0.500 e. The summed E-state index contributed by atoms with van der Waals surface area (Å²) in [6, 6.07) is 30.0. The van der Waals surface area contributed by atoms with Crippen molar-refractivity contribution >= 4 is 21.9 Å². The summed E-state index contributed by atoms with van der Waals surface area (Å²) >= 11 is 0. The Morgan fingerprint density at radius 3 is 1.97 bits per heavy atom. The predicted octanol–water partition coefficient (Wildman–Crippen LogP) is 15.1. The molecule has 0 bridgehead atoms. The van der Waals surface area contributed by atoms with Gasteiger partial charge < -0.3 is 14.4 Å². The van der Waals surface area contributed by atoms with Crippen LogP contribution in [0.4, 0.5) is 0 Å². The van der Waals surface area contributed by atoms with E-state index in [1.54, 1.807) is 39.0 Å². The van der Waals surface area contributed by atoms with Gasteiger partial charge in [0.05, 0.1) is 5.58 Å². The van der Waals surface area contributed by atoms with Crippen LogP contribution in [0.25, 0.3) is 66.7 Å². The molecule has 0 fully saturated rings. The van der Waals surface area contributed by atoms with Crippen LogP contribution in [0.2, 0.25) is 0 Å².